The Morgan fingerprint density at radius 1 is 1.53 bits per heavy atom. The fourth-order valence-electron chi connectivity index (χ4n) is 3.64. The highest BCUT2D eigenvalue weighted by molar-refractivity contribution is 5.95. The summed E-state index contributed by atoms with van der Waals surface area (Å²) in [7, 11) is 2.02. The number of nitrogens with zero attached hydrogens (tertiary/aromatic N) is 2. The Kier molecular flexibility index (Phi) is 2.32. The van der Waals surface area contributed by atoms with Gasteiger partial charge in [0.25, 0.3) is 0 Å². The normalized spacial score (nSPS) is 41.5. The molecule has 1 amide bonds. The zero-order chi connectivity index (χ0) is 12.2. The van der Waals surface area contributed by atoms with Crippen molar-refractivity contribution in [2.75, 3.05) is 20.1 Å². The van der Waals surface area contributed by atoms with Crippen LogP contribution in [0.1, 0.15) is 26.2 Å². The molecule has 3 aliphatic heterocycles. The van der Waals surface area contributed by atoms with E-state index in [0.717, 1.165) is 25.8 Å². The Balaban J connectivity index is 1.92. The lowest BCUT2D eigenvalue weighted by atomic mass is 9.93. The molecular weight excluding hydrogens is 218 g/mol. The van der Waals surface area contributed by atoms with Gasteiger partial charge in [-0.3, -0.25) is 19.8 Å². The van der Waals surface area contributed by atoms with Gasteiger partial charge in [-0.1, -0.05) is 0 Å². The number of rotatable bonds is 1. The first-order valence-electron chi connectivity index (χ1n) is 6.34. The summed E-state index contributed by atoms with van der Waals surface area (Å²) in [5.74, 6) is 0.249. The number of likely N-dealkylation sites (tertiary alicyclic amines) is 1. The second kappa shape index (κ2) is 3.53. The summed E-state index contributed by atoms with van der Waals surface area (Å²) < 4.78 is 0. The average Bonchev–Trinajstić information content (AvgIpc) is 2.89. The van der Waals surface area contributed by atoms with Crippen LogP contribution in [0, 0.1) is 0 Å². The molecule has 5 heteroatoms. The molecule has 1 spiro atoms. The highest BCUT2D eigenvalue weighted by atomic mass is 16.2. The summed E-state index contributed by atoms with van der Waals surface area (Å²) in [5, 5.41) is 3.31. The van der Waals surface area contributed by atoms with E-state index in [1.165, 1.54) is 0 Å². The van der Waals surface area contributed by atoms with Crippen LogP contribution in [0.25, 0.3) is 0 Å². The van der Waals surface area contributed by atoms with E-state index >= 15 is 0 Å². The molecule has 3 unspecified atom stereocenters. The molecular formula is C12H19N3O2. The monoisotopic (exact) mass is 237 g/mol. The third kappa shape index (κ3) is 1.32. The molecule has 1 N–H and O–H groups in total. The zero-order valence-electron chi connectivity index (χ0n) is 10.4. The van der Waals surface area contributed by atoms with Crippen LogP contribution < -0.4 is 5.32 Å². The van der Waals surface area contributed by atoms with Crippen LogP contribution in [0.5, 0.6) is 0 Å². The van der Waals surface area contributed by atoms with Gasteiger partial charge in [0.05, 0.1) is 6.17 Å². The number of hydrogen-bond acceptors (Lipinski definition) is 4. The molecule has 5 nitrogen and oxygen atoms in total. The van der Waals surface area contributed by atoms with Gasteiger partial charge in [-0.05, 0) is 33.4 Å². The van der Waals surface area contributed by atoms with Gasteiger partial charge >= 0.3 is 0 Å². The Morgan fingerprint density at radius 2 is 2.29 bits per heavy atom. The minimum atomic E-state index is -0.328. The molecule has 0 saturated carbocycles. The number of carbonyl (C=O) groups excluding carboxylic acids is 2. The van der Waals surface area contributed by atoms with Crippen LogP contribution in [0.4, 0.5) is 0 Å². The van der Waals surface area contributed by atoms with Crippen LogP contribution in [-0.2, 0) is 9.59 Å². The molecule has 0 bridgehead atoms. The quantitative estimate of drug-likeness (QED) is 0.672. The fourth-order valence-corrected chi connectivity index (χ4v) is 3.64. The van der Waals surface area contributed by atoms with Crippen LogP contribution >= 0.6 is 0 Å². The van der Waals surface area contributed by atoms with E-state index < -0.39 is 0 Å². The predicted octanol–water partition coefficient (Wildman–Crippen LogP) is -0.430. The topological polar surface area (TPSA) is 52.7 Å². The smallest absolute Gasteiger partial charge is 0.245 e. The minimum Gasteiger partial charge on any atom is -0.314 e. The van der Waals surface area contributed by atoms with Crippen molar-refractivity contribution in [1.82, 2.24) is 15.1 Å². The lowest BCUT2D eigenvalue weighted by Crippen LogP contribution is -2.51. The average molecular weight is 237 g/mol. The van der Waals surface area contributed by atoms with Crippen molar-refractivity contribution >= 4 is 11.7 Å². The molecule has 94 valence electrons. The van der Waals surface area contributed by atoms with Gasteiger partial charge in [-0.25, -0.2) is 0 Å². The molecule has 0 aromatic carbocycles. The third-order valence-corrected chi connectivity index (χ3v) is 4.67. The maximum absolute atomic E-state index is 12.6. The molecule has 0 radical (unpaired) electrons. The van der Waals surface area contributed by atoms with Crippen molar-refractivity contribution < 1.29 is 9.59 Å². The number of likely N-dealkylation sites (N-methyl/N-ethyl adjacent to an activating group) is 1. The molecule has 3 saturated heterocycles. The zero-order valence-corrected chi connectivity index (χ0v) is 10.4. The summed E-state index contributed by atoms with van der Waals surface area (Å²) in [6.45, 7) is 3.17. The van der Waals surface area contributed by atoms with Crippen molar-refractivity contribution in [3.05, 3.63) is 0 Å². The number of nitrogens with one attached hydrogen (secondary N) is 1. The molecule has 3 aliphatic rings. The summed E-state index contributed by atoms with van der Waals surface area (Å²) in [6, 6.07) is -0.249. The van der Waals surface area contributed by atoms with Crippen molar-refractivity contribution in [2.24, 2.45) is 0 Å². The fraction of sp³-hybridized carbons (Fsp3) is 0.833. The van der Waals surface area contributed by atoms with Gasteiger partial charge in [0, 0.05) is 13.0 Å². The first-order valence-corrected chi connectivity index (χ1v) is 6.34. The van der Waals surface area contributed by atoms with Crippen molar-refractivity contribution in [3.8, 4) is 0 Å². The molecule has 3 heterocycles. The third-order valence-electron chi connectivity index (χ3n) is 4.67. The van der Waals surface area contributed by atoms with Crippen molar-refractivity contribution in [2.45, 2.75) is 43.9 Å². The Labute approximate surface area is 101 Å². The molecule has 17 heavy (non-hydrogen) atoms. The second-order valence-electron chi connectivity index (χ2n) is 5.52. The van der Waals surface area contributed by atoms with E-state index in [9.17, 15) is 9.59 Å². The number of ketones is 1. The highest BCUT2D eigenvalue weighted by Crippen LogP contribution is 2.42. The van der Waals surface area contributed by atoms with Gasteiger partial charge in [-0.2, -0.15) is 0 Å². The summed E-state index contributed by atoms with van der Waals surface area (Å²) in [6.07, 6.45) is 2.90. The number of carbonyl (C=O) groups is 2. The largest absolute Gasteiger partial charge is 0.314 e. The Morgan fingerprint density at radius 3 is 2.88 bits per heavy atom. The molecule has 0 aromatic heterocycles. The Bertz CT molecular complexity index is 384. The summed E-state index contributed by atoms with van der Waals surface area (Å²) >= 11 is 0. The van der Waals surface area contributed by atoms with Crippen molar-refractivity contribution in [1.29, 1.82) is 0 Å². The minimum absolute atomic E-state index is 0.0666. The molecule has 3 fully saturated rings. The standard InChI is InChI=1S/C12H19N3O2/c1-8(16)9-7-13-10-6-12(11(17)15(9)10)4-3-5-14(12)2/h9-10,13H,3-7H2,1-2H3. The summed E-state index contributed by atoms with van der Waals surface area (Å²) in [5.41, 5.74) is -0.328. The van der Waals surface area contributed by atoms with E-state index in [1.807, 2.05) is 7.05 Å². The van der Waals surface area contributed by atoms with Gasteiger partial charge in [0.15, 0.2) is 5.78 Å². The van der Waals surface area contributed by atoms with Crippen molar-refractivity contribution in [3.63, 3.8) is 0 Å². The summed E-state index contributed by atoms with van der Waals surface area (Å²) in [4.78, 5) is 28.2. The van der Waals surface area contributed by atoms with E-state index in [2.05, 4.69) is 10.2 Å². The second-order valence-corrected chi connectivity index (χ2v) is 5.52. The van der Waals surface area contributed by atoms with Gasteiger partial charge in [0.1, 0.15) is 11.6 Å². The number of fused-ring (bicyclic) bond motifs is 1. The predicted molar refractivity (Wildman–Crippen MR) is 62.3 cm³/mol. The highest BCUT2D eigenvalue weighted by Gasteiger charge is 2.59. The maximum Gasteiger partial charge on any atom is 0.245 e. The van der Waals surface area contributed by atoms with Gasteiger partial charge < -0.3 is 4.90 Å². The maximum atomic E-state index is 12.6. The lowest BCUT2D eigenvalue weighted by molar-refractivity contribution is -0.141. The van der Waals surface area contributed by atoms with Crippen LogP contribution in [0.3, 0.4) is 0 Å². The van der Waals surface area contributed by atoms with Crippen LogP contribution in [0.2, 0.25) is 0 Å². The SMILES string of the molecule is CC(=O)C1CNC2CC3(CCCN3C)C(=O)N21. The number of Topliss-reactive ketones (excluding diaryl/α,β-unsaturated/α-hetero) is 1. The van der Waals surface area contributed by atoms with Gasteiger partial charge in [-0.15, -0.1) is 0 Å². The van der Waals surface area contributed by atoms with Crippen LogP contribution in [0.15, 0.2) is 0 Å². The Hall–Kier alpha value is -0.940. The molecule has 0 aromatic rings. The molecule has 3 atom stereocenters. The first kappa shape index (κ1) is 11.2. The van der Waals surface area contributed by atoms with E-state index in [1.54, 1.807) is 11.8 Å². The first-order chi connectivity index (χ1) is 8.06. The van der Waals surface area contributed by atoms with E-state index in [-0.39, 0.29) is 29.4 Å². The van der Waals surface area contributed by atoms with E-state index in [4.69, 9.17) is 0 Å². The number of hydrogen-bond donors (Lipinski definition) is 1. The van der Waals surface area contributed by atoms with Crippen LogP contribution in [-0.4, -0.2) is 59.4 Å². The van der Waals surface area contributed by atoms with E-state index in [0.29, 0.717) is 6.54 Å². The lowest BCUT2D eigenvalue weighted by Gasteiger charge is -2.31. The van der Waals surface area contributed by atoms with Gasteiger partial charge in [0.2, 0.25) is 5.91 Å². The molecule has 3 rings (SSSR count). The number of amides is 1. The molecule has 0 aliphatic carbocycles.